The smallest absolute Gasteiger partial charge is 0.326 e. The van der Waals surface area contributed by atoms with Crippen molar-refractivity contribution >= 4 is 29.2 Å². The summed E-state index contributed by atoms with van der Waals surface area (Å²) in [7, 11) is 3.37. The lowest BCUT2D eigenvalue weighted by Gasteiger charge is -2.35. The molecule has 0 radical (unpaired) electrons. The molecule has 2 rings (SSSR count). The largest absolute Gasteiger partial charge is 0.480 e. The maximum absolute atomic E-state index is 13.1. The van der Waals surface area contributed by atoms with Gasteiger partial charge in [0.25, 0.3) is 11.7 Å². The number of rotatable bonds is 28. The van der Waals surface area contributed by atoms with Gasteiger partial charge in [0.05, 0.1) is 6.10 Å². The zero-order valence-corrected chi connectivity index (χ0v) is 36.4. The van der Waals surface area contributed by atoms with Crippen molar-refractivity contribution in [3.63, 3.8) is 0 Å². The fourth-order valence-electron chi connectivity index (χ4n) is 8.06. The molecular weight excluding hydrogens is 739 g/mol. The normalized spacial score (nSPS) is 21.3. The van der Waals surface area contributed by atoms with Crippen molar-refractivity contribution in [3.05, 3.63) is 47.6 Å². The number of ketones is 3. The summed E-state index contributed by atoms with van der Waals surface area (Å²) < 4.78 is 11.1. The first-order valence-electron chi connectivity index (χ1n) is 21.9. The minimum atomic E-state index is -2.85. The first kappa shape index (κ1) is 50.9. The Hall–Kier alpha value is -3.25. The molecule has 11 heteroatoms. The fraction of sp³-hybridized carbons (Fsp3) is 0.723. The van der Waals surface area contributed by atoms with E-state index >= 15 is 0 Å². The second kappa shape index (κ2) is 27.5. The summed E-state index contributed by atoms with van der Waals surface area (Å²) in [5, 5.41) is 30.5. The quantitative estimate of drug-likeness (QED) is 0.0229. The monoisotopic (exact) mass is 814 g/mol. The van der Waals surface area contributed by atoms with Gasteiger partial charge in [-0.3, -0.25) is 19.2 Å². The SMILES string of the molecule is COC1CCCC(CCCCC(=O)C/C=C(\C)CC(OC)C(=O)C(C)CC/C=C/C=C/C=C(\C)CCCCCC(C)C(O)(O)C(=O)C(=O)N2CCCCC2C(=O)O)C1. The first-order valence-corrected chi connectivity index (χ1v) is 21.9. The predicted octanol–water partition coefficient (Wildman–Crippen LogP) is 8.41. The molecule has 2 fully saturated rings. The molecule has 6 atom stereocenters. The van der Waals surface area contributed by atoms with Crippen LogP contribution < -0.4 is 0 Å². The number of nitrogens with zero attached hydrogens (tertiary/aromatic N) is 1. The molecule has 0 bridgehead atoms. The van der Waals surface area contributed by atoms with Gasteiger partial charge in [0, 0.05) is 51.9 Å². The third-order valence-electron chi connectivity index (χ3n) is 12.1. The van der Waals surface area contributed by atoms with Crippen LogP contribution in [0.15, 0.2) is 47.6 Å². The highest BCUT2D eigenvalue weighted by Gasteiger charge is 2.47. The highest BCUT2D eigenvalue weighted by atomic mass is 16.5. The van der Waals surface area contributed by atoms with Crippen LogP contribution in [0.25, 0.3) is 0 Å². The number of ether oxygens (including phenoxy) is 2. The van der Waals surface area contributed by atoms with E-state index in [0.29, 0.717) is 57.5 Å². The predicted molar refractivity (Wildman–Crippen MR) is 227 cm³/mol. The number of hydrogen-bond acceptors (Lipinski definition) is 9. The molecule has 0 spiro atoms. The van der Waals surface area contributed by atoms with Gasteiger partial charge < -0.3 is 29.7 Å². The minimum Gasteiger partial charge on any atom is -0.480 e. The molecule has 58 heavy (non-hydrogen) atoms. The molecular formula is C47H75NO10. The second-order valence-corrected chi connectivity index (χ2v) is 17.0. The average molecular weight is 814 g/mol. The van der Waals surface area contributed by atoms with Crippen LogP contribution in [0.4, 0.5) is 0 Å². The van der Waals surface area contributed by atoms with Gasteiger partial charge >= 0.3 is 5.97 Å². The molecule has 1 aliphatic carbocycles. The van der Waals surface area contributed by atoms with Crippen LogP contribution in [0.5, 0.6) is 0 Å². The number of unbranched alkanes of at least 4 members (excludes halogenated alkanes) is 3. The number of aliphatic carboxylic acids is 1. The van der Waals surface area contributed by atoms with Crippen LogP contribution in [-0.2, 0) is 33.4 Å². The van der Waals surface area contributed by atoms with E-state index in [1.54, 1.807) is 14.2 Å². The van der Waals surface area contributed by atoms with Gasteiger partial charge in [-0.05, 0) is 90.4 Å². The van der Waals surface area contributed by atoms with E-state index in [2.05, 4.69) is 0 Å². The van der Waals surface area contributed by atoms with E-state index in [-0.39, 0.29) is 30.4 Å². The van der Waals surface area contributed by atoms with Crippen LogP contribution in [0.2, 0.25) is 0 Å². The summed E-state index contributed by atoms with van der Waals surface area (Å²) in [5.41, 5.74) is 2.19. The number of methoxy groups -OCH3 is 2. The third kappa shape index (κ3) is 18.3. The number of amides is 1. The number of piperidine rings is 1. The summed E-state index contributed by atoms with van der Waals surface area (Å²) in [6.45, 7) is 7.56. The van der Waals surface area contributed by atoms with Crippen molar-refractivity contribution in [1.82, 2.24) is 4.90 Å². The highest BCUT2D eigenvalue weighted by molar-refractivity contribution is 6.39. The molecule has 0 aromatic heterocycles. The summed E-state index contributed by atoms with van der Waals surface area (Å²) in [5.74, 6) is -6.57. The Morgan fingerprint density at radius 1 is 0.845 bits per heavy atom. The molecule has 1 heterocycles. The van der Waals surface area contributed by atoms with E-state index in [1.807, 2.05) is 57.2 Å². The molecule has 1 aliphatic heterocycles. The average Bonchev–Trinajstić information content (AvgIpc) is 3.21. The Labute approximate surface area is 348 Å². The van der Waals surface area contributed by atoms with Gasteiger partial charge in [0.2, 0.25) is 5.79 Å². The number of carbonyl (C=O) groups excluding carboxylic acids is 4. The molecule has 1 saturated carbocycles. The van der Waals surface area contributed by atoms with Crippen molar-refractivity contribution in [2.45, 2.75) is 180 Å². The highest BCUT2D eigenvalue weighted by Crippen LogP contribution is 2.30. The maximum Gasteiger partial charge on any atom is 0.326 e. The van der Waals surface area contributed by atoms with Crippen molar-refractivity contribution in [1.29, 1.82) is 0 Å². The lowest BCUT2D eigenvalue weighted by Crippen LogP contribution is -2.57. The Morgan fingerprint density at radius 2 is 1.59 bits per heavy atom. The number of allylic oxidation sites excluding steroid dienone is 7. The molecule has 3 N–H and O–H groups in total. The standard InChI is InChI=1S/C47H75NO10/c1-34(21-12-10-14-23-37(4)47(55,56)44(51)45(52)48-31-18-17-28-41(48)46(53)54)20-11-8-7-9-13-22-36(3)43(50)42(58-6)32-35(2)29-30-39(49)26-16-15-24-38-25-19-27-40(33-38)57-5/h7-9,11,20,29,36-38,40-42,55-56H,10,12-19,21-28,30-33H2,1-6H3,(H,53,54)/b9-7+,11-8+,34-20+,35-29+. The summed E-state index contributed by atoms with van der Waals surface area (Å²) in [6, 6.07) is -1.13. The van der Waals surface area contributed by atoms with Gasteiger partial charge in [-0.2, -0.15) is 0 Å². The summed E-state index contributed by atoms with van der Waals surface area (Å²) in [6.07, 6.45) is 27.7. The van der Waals surface area contributed by atoms with Gasteiger partial charge in [-0.25, -0.2) is 4.79 Å². The molecule has 6 unspecified atom stereocenters. The number of carboxylic acid groups (broad SMARTS) is 1. The Balaban J connectivity index is 1.62. The number of likely N-dealkylation sites (tertiary alicyclic amines) is 1. The molecule has 0 aromatic rings. The number of hydrogen-bond donors (Lipinski definition) is 3. The van der Waals surface area contributed by atoms with Crippen LogP contribution in [0.1, 0.15) is 156 Å². The van der Waals surface area contributed by atoms with Gasteiger partial charge in [0.1, 0.15) is 17.9 Å². The maximum atomic E-state index is 13.1. The van der Waals surface area contributed by atoms with Gasteiger partial charge in [0.15, 0.2) is 5.78 Å². The van der Waals surface area contributed by atoms with E-state index in [9.17, 15) is 39.3 Å². The van der Waals surface area contributed by atoms with Crippen molar-refractivity contribution < 1.29 is 48.8 Å². The molecule has 11 nitrogen and oxygen atoms in total. The Kier molecular flexibility index (Phi) is 24.1. The van der Waals surface area contributed by atoms with Crippen LogP contribution >= 0.6 is 0 Å². The number of aliphatic hydroxyl groups is 2. The second-order valence-electron chi connectivity index (χ2n) is 17.0. The summed E-state index contributed by atoms with van der Waals surface area (Å²) >= 11 is 0. The number of Topliss-reactive ketones (excluding diaryl/α,β-unsaturated/α-hetero) is 3. The zero-order chi connectivity index (χ0) is 43.1. The third-order valence-corrected chi connectivity index (χ3v) is 12.1. The molecule has 2 aliphatic rings. The Morgan fingerprint density at radius 3 is 2.29 bits per heavy atom. The number of carbonyl (C=O) groups is 5. The fourth-order valence-corrected chi connectivity index (χ4v) is 8.06. The Bertz CT molecular complexity index is 1430. The van der Waals surface area contributed by atoms with E-state index in [1.165, 1.54) is 38.2 Å². The van der Waals surface area contributed by atoms with Crippen LogP contribution in [0.3, 0.4) is 0 Å². The molecule has 1 amide bonds. The number of carboxylic acids is 1. The zero-order valence-electron chi connectivity index (χ0n) is 36.4. The summed E-state index contributed by atoms with van der Waals surface area (Å²) in [4.78, 5) is 63.6. The van der Waals surface area contributed by atoms with E-state index in [4.69, 9.17) is 9.47 Å². The van der Waals surface area contributed by atoms with E-state index in [0.717, 1.165) is 61.3 Å². The van der Waals surface area contributed by atoms with Crippen LogP contribution in [-0.4, -0.2) is 94.2 Å². The first-order chi connectivity index (χ1) is 27.6. The lowest BCUT2D eigenvalue weighted by molar-refractivity contribution is -0.205. The lowest BCUT2D eigenvalue weighted by atomic mass is 9.84. The van der Waals surface area contributed by atoms with Crippen molar-refractivity contribution in [2.75, 3.05) is 20.8 Å². The van der Waals surface area contributed by atoms with Gasteiger partial charge in [-0.1, -0.05) is 100.0 Å². The molecule has 328 valence electrons. The minimum absolute atomic E-state index is 0.0797. The van der Waals surface area contributed by atoms with Crippen molar-refractivity contribution in [3.8, 4) is 0 Å². The van der Waals surface area contributed by atoms with Gasteiger partial charge in [-0.15, -0.1) is 0 Å². The van der Waals surface area contributed by atoms with E-state index < -0.39 is 41.5 Å². The molecule has 0 aromatic carbocycles. The van der Waals surface area contributed by atoms with Crippen LogP contribution in [0, 0.1) is 17.8 Å². The van der Waals surface area contributed by atoms with Crippen molar-refractivity contribution in [2.24, 2.45) is 17.8 Å². The topological polar surface area (TPSA) is 168 Å². The molecule has 1 saturated heterocycles.